The summed E-state index contributed by atoms with van der Waals surface area (Å²) < 4.78 is 5.90. The SMILES string of the molecule is N#C/C(=C\c1ccccc1OCc1cccc(Cl)c1)C(=O)NCCc1ccccc1. The first-order valence-corrected chi connectivity index (χ1v) is 9.93. The third-order valence-corrected chi connectivity index (χ3v) is 4.64. The van der Waals surface area contributed by atoms with Crippen molar-refractivity contribution in [1.82, 2.24) is 5.32 Å². The number of para-hydroxylation sites is 1. The van der Waals surface area contributed by atoms with Crippen molar-refractivity contribution in [3.8, 4) is 11.8 Å². The number of rotatable bonds is 8. The average molecular weight is 417 g/mol. The van der Waals surface area contributed by atoms with Crippen LogP contribution in [0.1, 0.15) is 16.7 Å². The van der Waals surface area contributed by atoms with E-state index < -0.39 is 5.91 Å². The van der Waals surface area contributed by atoms with Gasteiger partial charge in [-0.1, -0.05) is 72.3 Å². The lowest BCUT2D eigenvalue weighted by Gasteiger charge is -2.10. The molecule has 0 spiro atoms. The van der Waals surface area contributed by atoms with Crippen molar-refractivity contribution in [1.29, 1.82) is 5.26 Å². The van der Waals surface area contributed by atoms with Crippen LogP contribution < -0.4 is 10.1 Å². The van der Waals surface area contributed by atoms with Gasteiger partial charge in [0.1, 0.15) is 24.0 Å². The number of carbonyl (C=O) groups excluding carboxylic acids is 1. The van der Waals surface area contributed by atoms with Crippen molar-refractivity contribution < 1.29 is 9.53 Å². The molecule has 3 aromatic carbocycles. The summed E-state index contributed by atoms with van der Waals surface area (Å²) in [5.41, 5.74) is 2.75. The van der Waals surface area contributed by atoms with Crippen molar-refractivity contribution >= 4 is 23.6 Å². The Morgan fingerprint density at radius 2 is 1.73 bits per heavy atom. The minimum atomic E-state index is -0.405. The molecule has 3 rings (SSSR count). The lowest BCUT2D eigenvalue weighted by Crippen LogP contribution is -2.26. The van der Waals surface area contributed by atoms with Crippen LogP contribution >= 0.6 is 11.6 Å². The molecule has 0 heterocycles. The zero-order chi connectivity index (χ0) is 21.2. The molecule has 1 N–H and O–H groups in total. The lowest BCUT2D eigenvalue weighted by molar-refractivity contribution is -0.117. The molecule has 5 heteroatoms. The molecule has 0 bridgehead atoms. The van der Waals surface area contributed by atoms with Gasteiger partial charge in [0.25, 0.3) is 5.91 Å². The predicted octanol–water partition coefficient (Wildman–Crippen LogP) is 5.18. The second-order valence-corrected chi connectivity index (χ2v) is 7.05. The Hall–Kier alpha value is -3.55. The van der Waals surface area contributed by atoms with Gasteiger partial charge in [0, 0.05) is 17.1 Å². The number of nitrogens with zero attached hydrogens (tertiary/aromatic N) is 1. The van der Waals surface area contributed by atoms with Crippen LogP contribution in [0.3, 0.4) is 0 Å². The van der Waals surface area contributed by atoms with E-state index in [1.165, 1.54) is 0 Å². The number of halogens is 1. The molecule has 0 fully saturated rings. The Bertz CT molecular complexity index is 1070. The maximum absolute atomic E-state index is 12.4. The number of hydrogen-bond acceptors (Lipinski definition) is 3. The van der Waals surface area contributed by atoms with Crippen LogP contribution in [-0.2, 0) is 17.8 Å². The monoisotopic (exact) mass is 416 g/mol. The zero-order valence-corrected chi connectivity index (χ0v) is 17.1. The summed E-state index contributed by atoms with van der Waals surface area (Å²) >= 11 is 6.02. The van der Waals surface area contributed by atoms with Gasteiger partial charge < -0.3 is 10.1 Å². The number of benzene rings is 3. The summed E-state index contributed by atoms with van der Waals surface area (Å²) in [6, 6.07) is 26.6. The minimum absolute atomic E-state index is 0.0295. The molecule has 4 nitrogen and oxygen atoms in total. The van der Waals surface area contributed by atoms with Crippen LogP contribution in [0.15, 0.2) is 84.4 Å². The first-order valence-electron chi connectivity index (χ1n) is 9.56. The molecular formula is C25H21ClN2O2. The van der Waals surface area contributed by atoms with Crippen molar-refractivity contribution in [2.24, 2.45) is 0 Å². The maximum atomic E-state index is 12.4. The zero-order valence-electron chi connectivity index (χ0n) is 16.3. The molecule has 3 aromatic rings. The fourth-order valence-electron chi connectivity index (χ4n) is 2.88. The first-order chi connectivity index (χ1) is 14.7. The van der Waals surface area contributed by atoms with Gasteiger partial charge in [0.05, 0.1) is 0 Å². The summed E-state index contributed by atoms with van der Waals surface area (Å²) in [4.78, 5) is 12.4. The summed E-state index contributed by atoms with van der Waals surface area (Å²) in [7, 11) is 0. The molecule has 150 valence electrons. The Balaban J connectivity index is 1.66. The smallest absolute Gasteiger partial charge is 0.261 e. The Morgan fingerprint density at radius 1 is 1.00 bits per heavy atom. The normalized spacial score (nSPS) is 10.9. The number of amides is 1. The molecule has 1 amide bonds. The molecule has 0 aromatic heterocycles. The van der Waals surface area contributed by atoms with E-state index in [2.05, 4.69) is 5.32 Å². The molecule has 0 unspecified atom stereocenters. The predicted molar refractivity (Wildman–Crippen MR) is 119 cm³/mol. The van der Waals surface area contributed by atoms with Gasteiger partial charge in [-0.15, -0.1) is 0 Å². The van der Waals surface area contributed by atoms with Crippen molar-refractivity contribution in [2.45, 2.75) is 13.0 Å². The van der Waals surface area contributed by atoms with E-state index in [0.29, 0.717) is 35.9 Å². The standard InChI is InChI=1S/C25H21ClN2O2/c26-23-11-6-9-20(15-23)18-30-24-12-5-4-10-21(24)16-22(17-27)25(29)28-14-13-19-7-2-1-3-8-19/h1-12,15-16H,13-14,18H2,(H,28,29)/b22-16+. The van der Waals surface area contributed by atoms with Crippen molar-refractivity contribution in [2.75, 3.05) is 6.54 Å². The highest BCUT2D eigenvalue weighted by Gasteiger charge is 2.11. The molecule has 0 radical (unpaired) electrons. The van der Waals surface area contributed by atoms with E-state index in [4.69, 9.17) is 16.3 Å². The summed E-state index contributed by atoms with van der Waals surface area (Å²) in [5, 5.41) is 12.9. The lowest BCUT2D eigenvalue weighted by atomic mass is 10.1. The summed E-state index contributed by atoms with van der Waals surface area (Å²) in [6.07, 6.45) is 2.25. The van der Waals surface area contributed by atoms with E-state index in [1.54, 1.807) is 18.2 Å². The number of nitrogens with one attached hydrogen (secondary N) is 1. The van der Waals surface area contributed by atoms with Gasteiger partial charge in [0.2, 0.25) is 0 Å². The molecule has 0 atom stereocenters. The highest BCUT2D eigenvalue weighted by Crippen LogP contribution is 2.23. The fourth-order valence-corrected chi connectivity index (χ4v) is 3.10. The molecule has 0 aliphatic heterocycles. The fraction of sp³-hybridized carbons (Fsp3) is 0.120. The molecule has 0 aliphatic carbocycles. The largest absolute Gasteiger partial charge is 0.488 e. The second kappa shape index (κ2) is 10.8. The van der Waals surface area contributed by atoms with E-state index in [1.807, 2.05) is 72.8 Å². The highest BCUT2D eigenvalue weighted by atomic mass is 35.5. The van der Waals surface area contributed by atoms with Gasteiger partial charge in [-0.05, 0) is 41.8 Å². The van der Waals surface area contributed by atoms with Crippen LogP contribution in [0, 0.1) is 11.3 Å². The summed E-state index contributed by atoms with van der Waals surface area (Å²) in [6.45, 7) is 0.783. The Kier molecular flexibility index (Phi) is 7.65. The van der Waals surface area contributed by atoms with Crippen LogP contribution in [0.5, 0.6) is 5.75 Å². The van der Waals surface area contributed by atoms with Crippen LogP contribution in [0.2, 0.25) is 5.02 Å². The summed E-state index contributed by atoms with van der Waals surface area (Å²) in [5.74, 6) is 0.181. The van der Waals surface area contributed by atoms with E-state index in [9.17, 15) is 10.1 Å². The van der Waals surface area contributed by atoms with Gasteiger partial charge in [-0.3, -0.25) is 4.79 Å². The van der Waals surface area contributed by atoms with Gasteiger partial charge in [-0.2, -0.15) is 5.26 Å². The third kappa shape index (κ3) is 6.23. The molecule has 30 heavy (non-hydrogen) atoms. The van der Waals surface area contributed by atoms with Crippen molar-refractivity contribution in [3.63, 3.8) is 0 Å². The molecular weight excluding hydrogens is 396 g/mol. The minimum Gasteiger partial charge on any atom is -0.488 e. The molecule has 0 saturated carbocycles. The van der Waals surface area contributed by atoms with Gasteiger partial charge in [-0.25, -0.2) is 0 Å². The third-order valence-electron chi connectivity index (χ3n) is 4.41. The van der Waals surface area contributed by atoms with Crippen LogP contribution in [-0.4, -0.2) is 12.5 Å². The number of hydrogen-bond donors (Lipinski definition) is 1. The van der Waals surface area contributed by atoms with Gasteiger partial charge in [0.15, 0.2) is 0 Å². The number of nitriles is 1. The molecule has 0 saturated heterocycles. The van der Waals surface area contributed by atoms with E-state index >= 15 is 0 Å². The topological polar surface area (TPSA) is 62.1 Å². The van der Waals surface area contributed by atoms with Crippen LogP contribution in [0.25, 0.3) is 6.08 Å². The quantitative estimate of drug-likeness (QED) is 0.406. The highest BCUT2D eigenvalue weighted by molar-refractivity contribution is 6.30. The maximum Gasteiger partial charge on any atom is 0.261 e. The Labute approximate surface area is 181 Å². The number of ether oxygens (including phenoxy) is 1. The van der Waals surface area contributed by atoms with Gasteiger partial charge >= 0.3 is 0 Å². The number of carbonyl (C=O) groups is 1. The second-order valence-electron chi connectivity index (χ2n) is 6.62. The first kappa shape index (κ1) is 21.2. The van der Waals surface area contributed by atoms with Crippen molar-refractivity contribution in [3.05, 3.63) is 106 Å². The van der Waals surface area contributed by atoms with E-state index in [-0.39, 0.29) is 5.57 Å². The van der Waals surface area contributed by atoms with E-state index in [0.717, 1.165) is 11.1 Å². The Morgan fingerprint density at radius 3 is 2.50 bits per heavy atom. The van der Waals surface area contributed by atoms with Crippen LogP contribution in [0.4, 0.5) is 0 Å². The average Bonchev–Trinajstić information content (AvgIpc) is 2.77. The molecule has 0 aliphatic rings.